The smallest absolute Gasteiger partial charge is 0.248 e. The normalized spacial score (nSPS) is 19.1. The van der Waals surface area contributed by atoms with Gasteiger partial charge in [-0.3, -0.25) is 4.79 Å². The van der Waals surface area contributed by atoms with Gasteiger partial charge in [-0.25, -0.2) is 4.98 Å². The van der Waals surface area contributed by atoms with E-state index in [1.54, 1.807) is 6.33 Å². The Bertz CT molecular complexity index is 479. The van der Waals surface area contributed by atoms with Gasteiger partial charge in [-0.2, -0.15) is 0 Å². The first-order valence-corrected chi connectivity index (χ1v) is 6.92. The van der Waals surface area contributed by atoms with E-state index in [0.717, 1.165) is 18.5 Å². The molecule has 1 aliphatic rings. The van der Waals surface area contributed by atoms with Crippen molar-refractivity contribution in [3.05, 3.63) is 18.2 Å². The highest BCUT2D eigenvalue weighted by molar-refractivity contribution is 5.84. The van der Waals surface area contributed by atoms with E-state index in [-0.39, 0.29) is 5.91 Å². The average molecular weight is 263 g/mol. The number of hydrogen-bond acceptors (Lipinski definition) is 2. The summed E-state index contributed by atoms with van der Waals surface area (Å²) in [7, 11) is 1.92. The zero-order valence-electron chi connectivity index (χ0n) is 12.9. The summed E-state index contributed by atoms with van der Waals surface area (Å²) in [5, 5.41) is 0. The first-order chi connectivity index (χ1) is 8.63. The molecule has 1 heterocycles. The van der Waals surface area contributed by atoms with Crippen molar-refractivity contribution in [2.75, 3.05) is 7.05 Å². The number of hydrogen-bond donors (Lipinski definition) is 0. The van der Waals surface area contributed by atoms with Gasteiger partial charge in [0, 0.05) is 19.3 Å². The van der Waals surface area contributed by atoms with E-state index in [9.17, 15) is 4.79 Å². The van der Waals surface area contributed by atoms with E-state index >= 15 is 0 Å². The van der Waals surface area contributed by atoms with Crippen LogP contribution in [0, 0.1) is 12.3 Å². The Balaban J connectivity index is 2.10. The fourth-order valence-electron chi connectivity index (χ4n) is 2.92. The highest BCUT2D eigenvalue weighted by Crippen LogP contribution is 2.43. The summed E-state index contributed by atoms with van der Waals surface area (Å²) >= 11 is 0. The minimum absolute atomic E-state index is 0.158. The van der Waals surface area contributed by atoms with Crippen LogP contribution in [-0.4, -0.2) is 33.4 Å². The quantitative estimate of drug-likeness (QED) is 0.840. The molecule has 1 aromatic heterocycles. The minimum atomic E-state index is -0.574. The first-order valence-electron chi connectivity index (χ1n) is 6.92. The lowest BCUT2D eigenvalue weighted by Crippen LogP contribution is -2.54. The Morgan fingerprint density at radius 1 is 1.47 bits per heavy atom. The molecule has 4 nitrogen and oxygen atoms in total. The van der Waals surface area contributed by atoms with Crippen molar-refractivity contribution in [3.8, 4) is 0 Å². The van der Waals surface area contributed by atoms with Gasteiger partial charge in [0.15, 0.2) is 0 Å². The molecule has 0 aliphatic heterocycles. The van der Waals surface area contributed by atoms with Crippen molar-refractivity contribution in [1.29, 1.82) is 0 Å². The summed E-state index contributed by atoms with van der Waals surface area (Å²) in [6.45, 7) is 10.4. The molecule has 1 aliphatic carbocycles. The molecule has 0 N–H and O–H groups in total. The fourth-order valence-corrected chi connectivity index (χ4v) is 2.92. The number of carbonyl (C=O) groups excluding carboxylic acids is 1. The van der Waals surface area contributed by atoms with Gasteiger partial charge in [0.25, 0.3) is 0 Å². The molecule has 19 heavy (non-hydrogen) atoms. The highest BCUT2D eigenvalue weighted by Gasteiger charge is 2.43. The van der Waals surface area contributed by atoms with Crippen LogP contribution in [0.5, 0.6) is 0 Å². The van der Waals surface area contributed by atoms with Gasteiger partial charge in [0.2, 0.25) is 5.91 Å². The van der Waals surface area contributed by atoms with Crippen LogP contribution in [0.3, 0.4) is 0 Å². The van der Waals surface area contributed by atoms with Gasteiger partial charge >= 0.3 is 0 Å². The van der Waals surface area contributed by atoms with E-state index < -0.39 is 5.54 Å². The van der Waals surface area contributed by atoms with E-state index in [2.05, 4.69) is 18.8 Å². The van der Waals surface area contributed by atoms with Gasteiger partial charge in [-0.15, -0.1) is 0 Å². The summed E-state index contributed by atoms with van der Waals surface area (Å²) in [6.07, 6.45) is 5.85. The topological polar surface area (TPSA) is 38.1 Å². The van der Waals surface area contributed by atoms with Gasteiger partial charge in [-0.05, 0) is 39.0 Å². The third kappa shape index (κ3) is 2.53. The Hall–Kier alpha value is -1.32. The molecular weight excluding hydrogens is 238 g/mol. The molecule has 0 atom stereocenters. The predicted molar refractivity (Wildman–Crippen MR) is 75.9 cm³/mol. The SMILES string of the molecule is Cc1cn(C(C)(C)C(=O)N(C)C2CC(C)(C)C2)cn1. The number of likely N-dealkylation sites (N-methyl/N-ethyl adjacent to an activating group) is 1. The maximum absolute atomic E-state index is 12.7. The Morgan fingerprint density at radius 2 is 2.05 bits per heavy atom. The number of aryl methyl sites for hydroxylation is 1. The van der Waals surface area contributed by atoms with Crippen molar-refractivity contribution < 1.29 is 4.79 Å². The molecule has 0 spiro atoms. The largest absolute Gasteiger partial charge is 0.341 e. The van der Waals surface area contributed by atoms with Gasteiger partial charge in [0.05, 0.1) is 12.0 Å². The molecule has 4 heteroatoms. The number of nitrogens with zero attached hydrogens (tertiary/aromatic N) is 3. The minimum Gasteiger partial charge on any atom is -0.341 e. The average Bonchev–Trinajstić information content (AvgIpc) is 2.71. The van der Waals surface area contributed by atoms with Gasteiger partial charge in [0.1, 0.15) is 5.54 Å². The third-order valence-corrected chi connectivity index (χ3v) is 4.33. The summed E-state index contributed by atoms with van der Waals surface area (Å²) in [6, 6.07) is 0.381. The second kappa shape index (κ2) is 4.36. The third-order valence-electron chi connectivity index (χ3n) is 4.33. The molecule has 0 unspecified atom stereocenters. The van der Waals surface area contributed by atoms with E-state index in [1.165, 1.54) is 0 Å². The van der Waals surface area contributed by atoms with Crippen LogP contribution in [0.25, 0.3) is 0 Å². The molecule has 1 saturated carbocycles. The van der Waals surface area contributed by atoms with E-state index in [1.807, 2.05) is 43.5 Å². The maximum atomic E-state index is 12.7. The van der Waals surface area contributed by atoms with Crippen LogP contribution < -0.4 is 0 Å². The monoisotopic (exact) mass is 263 g/mol. The Labute approximate surface area is 115 Å². The molecule has 0 aromatic carbocycles. The second-order valence-corrected chi connectivity index (χ2v) is 7.12. The van der Waals surface area contributed by atoms with Crippen LogP contribution in [0.1, 0.15) is 46.2 Å². The van der Waals surface area contributed by atoms with E-state index in [0.29, 0.717) is 11.5 Å². The predicted octanol–water partition coefficient (Wildman–Crippen LogP) is 2.57. The number of carbonyl (C=O) groups is 1. The van der Waals surface area contributed by atoms with Crippen LogP contribution in [0.4, 0.5) is 0 Å². The lowest BCUT2D eigenvalue weighted by Gasteiger charge is -2.48. The standard InChI is InChI=1S/C15H25N3O/c1-11-9-18(10-16-11)15(4,5)13(19)17(6)12-7-14(2,3)8-12/h9-10,12H,7-8H2,1-6H3. The molecule has 1 amide bonds. The maximum Gasteiger partial charge on any atom is 0.248 e. The van der Waals surface area contributed by atoms with Crippen LogP contribution in [0.15, 0.2) is 12.5 Å². The van der Waals surface area contributed by atoms with Crippen molar-refractivity contribution in [1.82, 2.24) is 14.5 Å². The zero-order chi connectivity index (χ0) is 14.4. The summed E-state index contributed by atoms with van der Waals surface area (Å²) in [4.78, 5) is 18.8. The second-order valence-electron chi connectivity index (χ2n) is 7.12. The molecule has 0 saturated heterocycles. The van der Waals surface area contributed by atoms with Gasteiger partial charge in [-0.1, -0.05) is 13.8 Å². The van der Waals surface area contributed by atoms with Crippen molar-refractivity contribution in [3.63, 3.8) is 0 Å². The summed E-state index contributed by atoms with van der Waals surface area (Å²) in [5.41, 5.74) is 0.748. The molecule has 1 aromatic rings. The molecule has 0 bridgehead atoms. The van der Waals surface area contributed by atoms with Gasteiger partial charge < -0.3 is 9.47 Å². The van der Waals surface area contributed by atoms with Crippen LogP contribution in [-0.2, 0) is 10.3 Å². The molecule has 2 rings (SSSR count). The number of imidazole rings is 1. The summed E-state index contributed by atoms with van der Waals surface area (Å²) in [5.74, 6) is 0.158. The molecule has 106 valence electrons. The Kier molecular flexibility index (Phi) is 3.23. The lowest BCUT2D eigenvalue weighted by atomic mass is 9.68. The van der Waals surface area contributed by atoms with E-state index in [4.69, 9.17) is 0 Å². The van der Waals surface area contributed by atoms with Crippen LogP contribution in [0.2, 0.25) is 0 Å². The lowest BCUT2D eigenvalue weighted by molar-refractivity contribution is -0.144. The summed E-state index contributed by atoms with van der Waals surface area (Å²) < 4.78 is 1.91. The fraction of sp³-hybridized carbons (Fsp3) is 0.733. The molecular formula is C15H25N3O. The molecule has 1 fully saturated rings. The number of aromatic nitrogens is 2. The highest BCUT2D eigenvalue weighted by atomic mass is 16.2. The number of amides is 1. The van der Waals surface area contributed by atoms with Crippen molar-refractivity contribution in [2.45, 2.75) is 59.0 Å². The first kappa shape index (κ1) is 14.1. The van der Waals surface area contributed by atoms with Crippen molar-refractivity contribution >= 4 is 5.91 Å². The Morgan fingerprint density at radius 3 is 2.47 bits per heavy atom. The van der Waals surface area contributed by atoms with Crippen molar-refractivity contribution in [2.24, 2.45) is 5.41 Å². The zero-order valence-corrected chi connectivity index (χ0v) is 12.9. The molecule has 0 radical (unpaired) electrons. The number of rotatable bonds is 3. The van der Waals surface area contributed by atoms with Crippen LogP contribution >= 0.6 is 0 Å².